The summed E-state index contributed by atoms with van der Waals surface area (Å²) in [5.41, 5.74) is 1.35. The fourth-order valence-electron chi connectivity index (χ4n) is 1.60. The molecule has 19 heavy (non-hydrogen) atoms. The summed E-state index contributed by atoms with van der Waals surface area (Å²) in [6.07, 6.45) is 1.64. The first-order valence-corrected chi connectivity index (χ1v) is 4.86. The molecule has 0 aliphatic rings. The average Bonchev–Trinajstić information content (AvgIpc) is 2.45. The van der Waals surface area contributed by atoms with Gasteiger partial charge in [-0.25, -0.2) is 15.0 Å². The lowest BCUT2D eigenvalue weighted by atomic mass is 10.2. The van der Waals surface area contributed by atoms with Crippen molar-refractivity contribution in [2.45, 2.75) is 0 Å². The van der Waals surface area contributed by atoms with Gasteiger partial charge in [0.25, 0.3) is 5.56 Å². The second kappa shape index (κ2) is 6.94. The van der Waals surface area contributed by atoms with Gasteiger partial charge in [0.05, 0.1) is 10.9 Å². The lowest BCUT2D eigenvalue weighted by Gasteiger charge is -1.87. The van der Waals surface area contributed by atoms with Crippen molar-refractivity contribution in [3.63, 3.8) is 0 Å². The van der Waals surface area contributed by atoms with E-state index in [-0.39, 0.29) is 35.8 Å². The Morgan fingerprint density at radius 3 is 2.32 bits per heavy atom. The average molecular weight is 300 g/mol. The van der Waals surface area contributed by atoms with Crippen molar-refractivity contribution in [2.75, 3.05) is 0 Å². The van der Waals surface area contributed by atoms with Gasteiger partial charge in [0.1, 0.15) is 5.52 Å². The number of pyridine rings is 1. The van der Waals surface area contributed by atoms with E-state index in [9.17, 15) is 4.79 Å². The van der Waals surface area contributed by atoms with Crippen LogP contribution in [0.3, 0.4) is 0 Å². The fourth-order valence-corrected chi connectivity index (χ4v) is 1.60. The molecule has 0 aliphatic carbocycles. The summed E-state index contributed by atoms with van der Waals surface area (Å²) in [7, 11) is 0. The van der Waals surface area contributed by atoms with Gasteiger partial charge in [-0.1, -0.05) is 12.1 Å². The van der Waals surface area contributed by atoms with Crippen LogP contribution >= 0.6 is 24.8 Å². The number of hydrogen-bond acceptors (Lipinski definition) is 4. The maximum atomic E-state index is 11.8. The van der Waals surface area contributed by atoms with E-state index in [4.69, 9.17) is 0 Å². The summed E-state index contributed by atoms with van der Waals surface area (Å²) in [5.74, 6) is 0. The van der Waals surface area contributed by atoms with Gasteiger partial charge < -0.3 is 5.48 Å². The van der Waals surface area contributed by atoms with E-state index in [1.165, 1.54) is 0 Å². The van der Waals surface area contributed by atoms with Crippen LogP contribution in [0.15, 0.2) is 47.4 Å². The van der Waals surface area contributed by atoms with E-state index in [0.29, 0.717) is 22.1 Å². The largest absolute Gasteiger partial charge is 0.412 e. The molecule has 1 aromatic carbocycles. The SMILES string of the molecule is Cl.Cl.O.O=c1nc2cccnc2nc2ccccc12. The molecule has 0 unspecified atom stereocenters. The molecule has 0 bridgehead atoms. The minimum absolute atomic E-state index is 0. The number of rotatable bonds is 0. The van der Waals surface area contributed by atoms with Crippen molar-refractivity contribution in [1.29, 1.82) is 0 Å². The zero-order valence-electron chi connectivity index (χ0n) is 9.61. The maximum Gasteiger partial charge on any atom is 0.279 e. The summed E-state index contributed by atoms with van der Waals surface area (Å²) in [6, 6.07) is 10.6. The lowest BCUT2D eigenvalue weighted by Crippen LogP contribution is -2.01. The predicted octanol–water partition coefficient (Wildman–Crippen LogP) is 1.56. The Labute approximate surface area is 120 Å². The molecule has 0 spiro atoms. The van der Waals surface area contributed by atoms with E-state index in [1.54, 1.807) is 36.5 Å². The Hall–Kier alpha value is -1.82. The number of fused-ring (bicyclic) bond motifs is 2. The number of halogens is 2. The summed E-state index contributed by atoms with van der Waals surface area (Å²) in [4.78, 5) is 24.2. The Kier molecular flexibility index (Phi) is 6.27. The molecule has 3 aromatic rings. The highest BCUT2D eigenvalue weighted by Gasteiger charge is 2.01. The topological polar surface area (TPSA) is 87.2 Å². The summed E-state index contributed by atoms with van der Waals surface area (Å²) < 4.78 is 0. The van der Waals surface area contributed by atoms with Crippen molar-refractivity contribution in [3.05, 3.63) is 52.9 Å². The third-order valence-corrected chi connectivity index (χ3v) is 2.35. The van der Waals surface area contributed by atoms with Crippen molar-refractivity contribution in [2.24, 2.45) is 0 Å². The van der Waals surface area contributed by atoms with E-state index < -0.39 is 0 Å². The zero-order valence-corrected chi connectivity index (χ0v) is 11.2. The molecule has 2 N–H and O–H groups in total. The number of benzene rings is 1. The molecule has 5 nitrogen and oxygen atoms in total. The molecule has 0 saturated carbocycles. The van der Waals surface area contributed by atoms with Gasteiger partial charge in [-0.3, -0.25) is 4.79 Å². The molecule has 2 aromatic heterocycles. The van der Waals surface area contributed by atoms with Crippen LogP contribution in [0, 0.1) is 0 Å². The Morgan fingerprint density at radius 2 is 1.53 bits per heavy atom. The number of hydrogen-bond donors (Lipinski definition) is 0. The molecule has 0 fully saturated rings. The molecule has 0 atom stereocenters. The summed E-state index contributed by atoms with van der Waals surface area (Å²) in [6.45, 7) is 0. The molecule has 3 rings (SSSR count). The Balaban J connectivity index is 0.00000108. The first-order valence-electron chi connectivity index (χ1n) is 4.86. The minimum atomic E-state index is -0.272. The highest BCUT2D eigenvalue weighted by molar-refractivity contribution is 5.85. The second-order valence-corrected chi connectivity index (χ2v) is 3.39. The van der Waals surface area contributed by atoms with Crippen LogP contribution in [0.2, 0.25) is 0 Å². The third-order valence-electron chi connectivity index (χ3n) is 2.35. The van der Waals surface area contributed by atoms with Crippen LogP contribution in [0.5, 0.6) is 0 Å². The van der Waals surface area contributed by atoms with Gasteiger partial charge in [0, 0.05) is 6.20 Å². The third kappa shape index (κ3) is 3.14. The summed E-state index contributed by atoms with van der Waals surface area (Å²) >= 11 is 0. The molecule has 100 valence electrons. The second-order valence-electron chi connectivity index (χ2n) is 3.39. The first-order chi connectivity index (χ1) is 7.84. The highest BCUT2D eigenvalue weighted by atomic mass is 35.5. The van der Waals surface area contributed by atoms with Crippen molar-refractivity contribution in [3.8, 4) is 0 Å². The lowest BCUT2D eigenvalue weighted by molar-refractivity contribution is 0.824. The van der Waals surface area contributed by atoms with E-state index in [0.717, 1.165) is 0 Å². The standard InChI is InChI=1S/C12H7N3O.2ClH.H2O/c16-12-8-4-1-2-5-9(8)14-11-10(15-12)6-3-7-13-11;;;/h1-7H;2*1H;1H2. The summed E-state index contributed by atoms with van der Waals surface area (Å²) in [5, 5.41) is 0.514. The molecule has 2 heterocycles. The van der Waals surface area contributed by atoms with Crippen LogP contribution in [-0.2, 0) is 0 Å². The smallest absolute Gasteiger partial charge is 0.279 e. The quantitative estimate of drug-likeness (QED) is 0.630. The number of para-hydroxylation sites is 1. The van der Waals surface area contributed by atoms with Crippen molar-refractivity contribution in [1.82, 2.24) is 15.0 Å². The van der Waals surface area contributed by atoms with Gasteiger partial charge >= 0.3 is 0 Å². The van der Waals surface area contributed by atoms with Gasteiger partial charge in [0.2, 0.25) is 0 Å². The van der Waals surface area contributed by atoms with Gasteiger partial charge in [-0.2, -0.15) is 0 Å². The normalized spacial score (nSPS) is 9.05. The Morgan fingerprint density at radius 1 is 0.842 bits per heavy atom. The molecule has 0 radical (unpaired) electrons. The van der Waals surface area contributed by atoms with Crippen LogP contribution in [0.4, 0.5) is 0 Å². The van der Waals surface area contributed by atoms with Crippen LogP contribution in [-0.4, -0.2) is 20.4 Å². The van der Waals surface area contributed by atoms with Gasteiger partial charge in [0.15, 0.2) is 5.65 Å². The first kappa shape index (κ1) is 17.2. The Bertz CT molecular complexity index is 753. The minimum Gasteiger partial charge on any atom is -0.412 e. The monoisotopic (exact) mass is 299 g/mol. The molecule has 0 aliphatic heterocycles. The van der Waals surface area contributed by atoms with Gasteiger partial charge in [-0.05, 0) is 24.3 Å². The van der Waals surface area contributed by atoms with Crippen LogP contribution < -0.4 is 5.56 Å². The van der Waals surface area contributed by atoms with E-state index in [1.807, 2.05) is 6.07 Å². The van der Waals surface area contributed by atoms with Crippen LogP contribution in [0.25, 0.3) is 22.1 Å². The van der Waals surface area contributed by atoms with Crippen molar-refractivity contribution >= 4 is 46.9 Å². The number of aromatic nitrogens is 3. The predicted molar refractivity (Wildman–Crippen MR) is 79.2 cm³/mol. The molecule has 0 saturated heterocycles. The van der Waals surface area contributed by atoms with Crippen LogP contribution in [0.1, 0.15) is 0 Å². The molecule has 0 amide bonds. The maximum absolute atomic E-state index is 11.8. The number of nitrogens with zero attached hydrogens (tertiary/aromatic N) is 3. The molecule has 7 heteroatoms. The fraction of sp³-hybridized carbons (Fsp3) is 0. The highest BCUT2D eigenvalue weighted by Crippen LogP contribution is 2.08. The van der Waals surface area contributed by atoms with E-state index >= 15 is 0 Å². The zero-order chi connectivity index (χ0) is 11.0. The van der Waals surface area contributed by atoms with Gasteiger partial charge in [-0.15, -0.1) is 24.8 Å². The van der Waals surface area contributed by atoms with Crippen molar-refractivity contribution < 1.29 is 5.48 Å². The molecular formula is C12H11Cl2N3O2. The molecular weight excluding hydrogens is 289 g/mol. The van der Waals surface area contributed by atoms with E-state index in [2.05, 4.69) is 15.0 Å².